The summed E-state index contributed by atoms with van der Waals surface area (Å²) < 4.78 is 0. The molecule has 0 aliphatic carbocycles. The van der Waals surface area contributed by atoms with Crippen molar-refractivity contribution in [2.75, 3.05) is 5.32 Å². The minimum absolute atomic E-state index is 0.0326. The lowest BCUT2D eigenvalue weighted by Crippen LogP contribution is -2.32. The minimum Gasteiger partial charge on any atom is -0.507 e. The lowest BCUT2D eigenvalue weighted by molar-refractivity contribution is -0.136. The van der Waals surface area contributed by atoms with Gasteiger partial charge in [-0.25, -0.2) is 5.43 Å². The smallest absolute Gasteiger partial charge is 0.329 e. The molecule has 0 unspecified atom stereocenters. The molecule has 24 heavy (non-hydrogen) atoms. The van der Waals surface area contributed by atoms with Crippen LogP contribution in [-0.4, -0.2) is 23.1 Å². The summed E-state index contributed by atoms with van der Waals surface area (Å²) in [4.78, 5) is 23.5. The van der Waals surface area contributed by atoms with E-state index in [1.165, 1.54) is 12.3 Å². The Balaban J connectivity index is 1.90. The van der Waals surface area contributed by atoms with Crippen LogP contribution in [0, 0.1) is 0 Å². The lowest BCUT2D eigenvalue weighted by atomic mass is 10.0. The molecule has 2 rings (SSSR count). The predicted octanol–water partition coefficient (Wildman–Crippen LogP) is 2.60. The van der Waals surface area contributed by atoms with E-state index in [1.807, 2.05) is 12.1 Å². The number of rotatable bonds is 4. The third-order valence-corrected chi connectivity index (χ3v) is 3.35. The highest BCUT2D eigenvalue weighted by molar-refractivity contribution is 6.39. The average molecular weight is 325 g/mol. The molecule has 2 aromatic rings. The molecule has 0 spiro atoms. The largest absolute Gasteiger partial charge is 0.507 e. The van der Waals surface area contributed by atoms with E-state index in [0.29, 0.717) is 17.2 Å². The topological polar surface area (TPSA) is 90.8 Å². The second-order valence-corrected chi connectivity index (χ2v) is 5.49. The van der Waals surface area contributed by atoms with Crippen molar-refractivity contribution in [2.45, 2.75) is 19.8 Å². The highest BCUT2D eigenvalue weighted by Crippen LogP contribution is 2.17. The van der Waals surface area contributed by atoms with Crippen LogP contribution >= 0.6 is 0 Å². The van der Waals surface area contributed by atoms with Gasteiger partial charge < -0.3 is 10.4 Å². The number of nitrogens with one attached hydrogen (secondary N) is 2. The van der Waals surface area contributed by atoms with E-state index < -0.39 is 11.8 Å². The molecule has 0 saturated heterocycles. The number of phenols is 1. The first-order valence-corrected chi connectivity index (χ1v) is 7.49. The maximum absolute atomic E-state index is 11.8. The number of para-hydroxylation sites is 1. The Bertz CT molecular complexity index is 752. The first-order chi connectivity index (χ1) is 11.5. The Morgan fingerprint density at radius 3 is 2.33 bits per heavy atom. The maximum Gasteiger partial charge on any atom is 0.329 e. The summed E-state index contributed by atoms with van der Waals surface area (Å²) in [5.41, 5.74) is 4.22. The summed E-state index contributed by atoms with van der Waals surface area (Å²) in [6.07, 6.45) is 1.26. The van der Waals surface area contributed by atoms with Gasteiger partial charge in [-0.2, -0.15) is 5.10 Å². The van der Waals surface area contributed by atoms with Gasteiger partial charge in [0.2, 0.25) is 0 Å². The summed E-state index contributed by atoms with van der Waals surface area (Å²) >= 11 is 0. The Morgan fingerprint density at radius 1 is 1.04 bits per heavy atom. The second kappa shape index (κ2) is 7.92. The molecule has 0 bridgehead atoms. The second-order valence-electron chi connectivity index (χ2n) is 5.49. The van der Waals surface area contributed by atoms with Crippen molar-refractivity contribution in [1.82, 2.24) is 5.43 Å². The summed E-state index contributed by atoms with van der Waals surface area (Å²) in [6, 6.07) is 13.8. The van der Waals surface area contributed by atoms with E-state index in [2.05, 4.69) is 29.7 Å². The zero-order valence-corrected chi connectivity index (χ0v) is 13.5. The Labute approximate surface area is 140 Å². The molecule has 0 aromatic heterocycles. The van der Waals surface area contributed by atoms with E-state index in [4.69, 9.17) is 0 Å². The molecule has 0 heterocycles. The predicted molar refractivity (Wildman–Crippen MR) is 93.0 cm³/mol. The third kappa shape index (κ3) is 4.67. The van der Waals surface area contributed by atoms with Gasteiger partial charge in [0.25, 0.3) is 0 Å². The Kier molecular flexibility index (Phi) is 5.68. The van der Waals surface area contributed by atoms with E-state index in [1.54, 1.807) is 30.3 Å². The average Bonchev–Trinajstić information content (AvgIpc) is 2.57. The molecule has 124 valence electrons. The number of hydrogen-bond donors (Lipinski definition) is 3. The lowest BCUT2D eigenvalue weighted by Gasteiger charge is -2.07. The van der Waals surface area contributed by atoms with Crippen molar-refractivity contribution >= 4 is 23.7 Å². The third-order valence-electron chi connectivity index (χ3n) is 3.35. The minimum atomic E-state index is -0.894. The van der Waals surface area contributed by atoms with E-state index in [9.17, 15) is 14.7 Å². The fraction of sp³-hybridized carbons (Fsp3) is 0.167. The maximum atomic E-state index is 11.8. The van der Waals surface area contributed by atoms with Crippen LogP contribution in [0.15, 0.2) is 53.6 Å². The zero-order chi connectivity index (χ0) is 17.5. The number of hydrazone groups is 1. The molecular weight excluding hydrogens is 306 g/mol. The van der Waals surface area contributed by atoms with Crippen LogP contribution in [0.3, 0.4) is 0 Å². The van der Waals surface area contributed by atoms with Crippen molar-refractivity contribution in [1.29, 1.82) is 0 Å². The molecular formula is C18H19N3O3. The highest BCUT2D eigenvalue weighted by Gasteiger charge is 2.13. The summed E-state index contributed by atoms with van der Waals surface area (Å²) in [5.74, 6) is -1.29. The first-order valence-electron chi connectivity index (χ1n) is 7.49. The van der Waals surface area contributed by atoms with Crippen LogP contribution in [-0.2, 0) is 9.59 Å². The van der Waals surface area contributed by atoms with Crippen molar-refractivity contribution in [3.05, 3.63) is 59.7 Å². The molecule has 0 radical (unpaired) electrons. The quantitative estimate of drug-likeness (QED) is 0.458. The summed E-state index contributed by atoms with van der Waals surface area (Å²) in [7, 11) is 0. The van der Waals surface area contributed by atoms with Crippen molar-refractivity contribution in [2.24, 2.45) is 5.10 Å². The van der Waals surface area contributed by atoms with Crippen molar-refractivity contribution in [3.8, 4) is 5.75 Å². The first kappa shape index (κ1) is 17.2. The monoisotopic (exact) mass is 325 g/mol. The molecule has 0 saturated carbocycles. The number of carbonyl (C=O) groups is 2. The van der Waals surface area contributed by atoms with Gasteiger partial charge >= 0.3 is 11.8 Å². The molecule has 0 aliphatic rings. The number of amides is 2. The number of hydrogen-bond acceptors (Lipinski definition) is 4. The highest BCUT2D eigenvalue weighted by atomic mass is 16.3. The molecule has 2 aromatic carbocycles. The van der Waals surface area contributed by atoms with Gasteiger partial charge in [0.15, 0.2) is 0 Å². The standard InChI is InChI=1S/C18H19N3O3/c1-12(2)13-7-9-15(10-8-13)20-17(23)18(24)21-19-11-14-5-3-4-6-16(14)22/h3-12,22H,1-2H3,(H,20,23)(H,21,24)/b19-11+. The fourth-order valence-electron chi connectivity index (χ4n) is 1.95. The van der Waals surface area contributed by atoms with Gasteiger partial charge in [0, 0.05) is 11.3 Å². The number of nitrogens with zero attached hydrogens (tertiary/aromatic N) is 1. The summed E-state index contributed by atoms with van der Waals surface area (Å²) in [5, 5.41) is 15.7. The SMILES string of the molecule is CC(C)c1ccc(NC(=O)C(=O)N/N=C/c2ccccc2O)cc1. The van der Waals surface area contributed by atoms with Crippen molar-refractivity contribution < 1.29 is 14.7 Å². The number of anilines is 1. The van der Waals surface area contributed by atoms with Crippen LogP contribution < -0.4 is 10.7 Å². The van der Waals surface area contributed by atoms with Crippen LogP contribution in [0.4, 0.5) is 5.69 Å². The molecule has 6 heteroatoms. The number of benzene rings is 2. The Hall–Kier alpha value is -3.15. The zero-order valence-electron chi connectivity index (χ0n) is 13.5. The number of phenolic OH excluding ortho intramolecular Hbond substituents is 1. The van der Waals surface area contributed by atoms with Crippen LogP contribution in [0.2, 0.25) is 0 Å². The number of aromatic hydroxyl groups is 1. The molecule has 0 aliphatic heterocycles. The number of carbonyl (C=O) groups excluding carboxylic acids is 2. The van der Waals surface area contributed by atoms with Crippen molar-refractivity contribution in [3.63, 3.8) is 0 Å². The van der Waals surface area contributed by atoms with Gasteiger partial charge in [0.05, 0.1) is 6.21 Å². The van der Waals surface area contributed by atoms with E-state index >= 15 is 0 Å². The molecule has 0 fully saturated rings. The molecule has 0 atom stereocenters. The van der Waals surface area contributed by atoms with Gasteiger partial charge in [0.1, 0.15) is 5.75 Å². The van der Waals surface area contributed by atoms with Gasteiger partial charge in [-0.15, -0.1) is 0 Å². The van der Waals surface area contributed by atoms with Crippen LogP contribution in [0.1, 0.15) is 30.9 Å². The van der Waals surface area contributed by atoms with Gasteiger partial charge in [-0.1, -0.05) is 38.1 Å². The molecule has 6 nitrogen and oxygen atoms in total. The van der Waals surface area contributed by atoms with Crippen LogP contribution in [0.5, 0.6) is 5.75 Å². The summed E-state index contributed by atoms with van der Waals surface area (Å²) in [6.45, 7) is 4.15. The van der Waals surface area contributed by atoms with Gasteiger partial charge in [-0.05, 0) is 35.7 Å². The van der Waals surface area contributed by atoms with Crippen LogP contribution in [0.25, 0.3) is 0 Å². The molecule has 2 amide bonds. The fourth-order valence-corrected chi connectivity index (χ4v) is 1.95. The molecule has 3 N–H and O–H groups in total. The van der Waals surface area contributed by atoms with E-state index in [0.717, 1.165) is 5.56 Å². The normalized spacial score (nSPS) is 10.8. The Morgan fingerprint density at radius 2 is 1.71 bits per heavy atom. The van der Waals surface area contributed by atoms with E-state index in [-0.39, 0.29) is 5.75 Å². The van der Waals surface area contributed by atoms with Gasteiger partial charge in [-0.3, -0.25) is 9.59 Å².